The number of para-hydroxylation sites is 1. The van der Waals surface area contributed by atoms with E-state index in [1.165, 1.54) is 18.2 Å². The van der Waals surface area contributed by atoms with Crippen LogP contribution < -0.4 is 10.1 Å². The van der Waals surface area contributed by atoms with Crippen LogP contribution >= 0.6 is 15.9 Å². The monoisotopic (exact) mass is 340 g/mol. The lowest BCUT2D eigenvalue weighted by Crippen LogP contribution is -1.99. The summed E-state index contributed by atoms with van der Waals surface area (Å²) in [6, 6.07) is 8.58. The van der Waals surface area contributed by atoms with Gasteiger partial charge in [0.05, 0.1) is 4.92 Å². The number of benzene rings is 2. The summed E-state index contributed by atoms with van der Waals surface area (Å²) in [5.74, 6) is -0.283. The molecule has 2 aromatic carbocycles. The van der Waals surface area contributed by atoms with E-state index in [1.807, 2.05) is 0 Å². The van der Waals surface area contributed by atoms with Crippen LogP contribution in [-0.4, -0.2) is 12.0 Å². The fourth-order valence-corrected chi connectivity index (χ4v) is 2.15. The Morgan fingerprint density at radius 1 is 1.35 bits per heavy atom. The summed E-state index contributed by atoms with van der Waals surface area (Å²) in [7, 11) is 1.57. The van der Waals surface area contributed by atoms with Crippen LogP contribution in [0.4, 0.5) is 15.8 Å². The normalized spacial score (nSPS) is 10.2. The Labute approximate surface area is 122 Å². The molecule has 0 amide bonds. The Kier molecular flexibility index (Phi) is 4.19. The van der Waals surface area contributed by atoms with E-state index in [1.54, 1.807) is 19.2 Å². The standard InChI is InChI=1S/C13H10BrFN2O3/c1-16-11-3-2-4-12(13(11)17(18)19)20-10-6-8(14)5-9(15)7-10/h2-7,16H,1H3. The molecule has 0 aliphatic heterocycles. The van der Waals surface area contributed by atoms with Crippen LogP contribution in [0.1, 0.15) is 0 Å². The van der Waals surface area contributed by atoms with Gasteiger partial charge in [-0.1, -0.05) is 22.0 Å². The lowest BCUT2D eigenvalue weighted by Gasteiger charge is -2.09. The number of nitrogens with one attached hydrogen (secondary N) is 1. The zero-order chi connectivity index (χ0) is 14.7. The van der Waals surface area contributed by atoms with Gasteiger partial charge in [0.1, 0.15) is 17.3 Å². The quantitative estimate of drug-likeness (QED) is 0.664. The first-order chi connectivity index (χ1) is 9.51. The van der Waals surface area contributed by atoms with E-state index in [4.69, 9.17) is 4.74 Å². The molecule has 104 valence electrons. The third-order valence-electron chi connectivity index (χ3n) is 2.51. The Balaban J connectivity index is 2.45. The summed E-state index contributed by atoms with van der Waals surface area (Å²) < 4.78 is 19.2. The molecule has 0 spiro atoms. The summed E-state index contributed by atoms with van der Waals surface area (Å²) >= 11 is 3.14. The molecule has 0 heterocycles. The van der Waals surface area contributed by atoms with Gasteiger partial charge in [0.25, 0.3) is 0 Å². The van der Waals surface area contributed by atoms with E-state index in [9.17, 15) is 14.5 Å². The zero-order valence-corrected chi connectivity index (χ0v) is 12.0. The average Bonchev–Trinajstić information content (AvgIpc) is 2.36. The van der Waals surface area contributed by atoms with E-state index < -0.39 is 10.7 Å². The maximum atomic E-state index is 13.3. The number of nitrogens with zero attached hydrogens (tertiary/aromatic N) is 1. The van der Waals surface area contributed by atoms with Crippen molar-refractivity contribution in [1.29, 1.82) is 0 Å². The van der Waals surface area contributed by atoms with E-state index in [-0.39, 0.29) is 17.2 Å². The molecule has 0 aliphatic rings. The molecule has 0 saturated heterocycles. The summed E-state index contributed by atoms with van der Waals surface area (Å²) in [5, 5.41) is 13.8. The Morgan fingerprint density at radius 2 is 2.10 bits per heavy atom. The zero-order valence-electron chi connectivity index (χ0n) is 10.4. The number of hydrogen-bond acceptors (Lipinski definition) is 4. The van der Waals surface area contributed by atoms with Gasteiger partial charge in [-0.05, 0) is 24.3 Å². The van der Waals surface area contributed by atoms with Crippen molar-refractivity contribution in [2.75, 3.05) is 12.4 Å². The highest BCUT2D eigenvalue weighted by molar-refractivity contribution is 9.10. The van der Waals surface area contributed by atoms with Gasteiger partial charge < -0.3 is 10.1 Å². The molecule has 0 atom stereocenters. The number of nitro benzene ring substituents is 1. The molecule has 0 aromatic heterocycles. The number of halogens is 2. The molecule has 0 bridgehead atoms. The summed E-state index contributed by atoms with van der Waals surface area (Å²) in [4.78, 5) is 10.6. The first kappa shape index (κ1) is 14.3. The second-order valence-corrected chi connectivity index (χ2v) is 4.78. The molecule has 0 radical (unpaired) electrons. The topological polar surface area (TPSA) is 64.4 Å². The second-order valence-electron chi connectivity index (χ2n) is 3.87. The maximum absolute atomic E-state index is 13.3. The first-order valence-corrected chi connectivity index (χ1v) is 6.39. The Morgan fingerprint density at radius 3 is 2.70 bits per heavy atom. The first-order valence-electron chi connectivity index (χ1n) is 5.60. The minimum Gasteiger partial charge on any atom is -0.450 e. The van der Waals surface area contributed by atoms with Gasteiger partial charge in [0.2, 0.25) is 5.75 Å². The third-order valence-corrected chi connectivity index (χ3v) is 2.97. The molecule has 2 rings (SSSR count). The number of nitro groups is 1. The molecule has 0 unspecified atom stereocenters. The van der Waals surface area contributed by atoms with Crippen molar-refractivity contribution >= 4 is 27.3 Å². The molecule has 0 saturated carbocycles. The Hall–Kier alpha value is -2.15. The van der Waals surface area contributed by atoms with Crippen molar-refractivity contribution in [3.63, 3.8) is 0 Å². The summed E-state index contributed by atoms with van der Waals surface area (Å²) in [6.45, 7) is 0. The number of ether oxygens (including phenoxy) is 1. The average molecular weight is 341 g/mol. The van der Waals surface area contributed by atoms with Crippen LogP contribution in [0.15, 0.2) is 40.9 Å². The fraction of sp³-hybridized carbons (Fsp3) is 0.0769. The van der Waals surface area contributed by atoms with E-state index >= 15 is 0 Å². The van der Waals surface area contributed by atoms with E-state index in [2.05, 4.69) is 21.2 Å². The summed E-state index contributed by atoms with van der Waals surface area (Å²) in [5.41, 5.74) is 0.123. The van der Waals surface area contributed by atoms with Crippen molar-refractivity contribution in [3.8, 4) is 11.5 Å². The lowest BCUT2D eigenvalue weighted by molar-refractivity contribution is -0.384. The molecular formula is C13H10BrFN2O3. The van der Waals surface area contributed by atoms with Crippen molar-refractivity contribution in [2.45, 2.75) is 0 Å². The molecule has 0 fully saturated rings. The molecule has 7 heteroatoms. The molecule has 5 nitrogen and oxygen atoms in total. The summed E-state index contributed by atoms with van der Waals surface area (Å²) in [6.07, 6.45) is 0. The van der Waals surface area contributed by atoms with Crippen molar-refractivity contribution in [2.24, 2.45) is 0 Å². The molecule has 2 aromatic rings. The van der Waals surface area contributed by atoms with Gasteiger partial charge in [-0.2, -0.15) is 0 Å². The molecular weight excluding hydrogens is 331 g/mol. The largest absolute Gasteiger partial charge is 0.450 e. The lowest BCUT2D eigenvalue weighted by atomic mass is 10.2. The van der Waals surface area contributed by atoms with Crippen LogP contribution in [0.25, 0.3) is 0 Å². The smallest absolute Gasteiger partial charge is 0.334 e. The van der Waals surface area contributed by atoms with Crippen LogP contribution in [0.2, 0.25) is 0 Å². The van der Waals surface area contributed by atoms with Gasteiger partial charge in [0, 0.05) is 17.6 Å². The van der Waals surface area contributed by atoms with Gasteiger partial charge in [0.15, 0.2) is 0 Å². The van der Waals surface area contributed by atoms with Gasteiger partial charge in [-0.15, -0.1) is 0 Å². The SMILES string of the molecule is CNc1cccc(Oc2cc(F)cc(Br)c2)c1[N+](=O)[O-]. The van der Waals surface area contributed by atoms with Crippen molar-refractivity contribution in [1.82, 2.24) is 0 Å². The second kappa shape index (κ2) is 5.87. The minimum absolute atomic E-state index is 0.0411. The van der Waals surface area contributed by atoms with E-state index in [0.29, 0.717) is 10.2 Å². The highest BCUT2D eigenvalue weighted by atomic mass is 79.9. The van der Waals surface area contributed by atoms with Crippen LogP contribution in [0.3, 0.4) is 0 Å². The van der Waals surface area contributed by atoms with Crippen molar-refractivity contribution in [3.05, 3.63) is 56.8 Å². The van der Waals surface area contributed by atoms with Gasteiger partial charge in [-0.3, -0.25) is 10.1 Å². The van der Waals surface area contributed by atoms with Crippen LogP contribution in [0.5, 0.6) is 11.5 Å². The highest BCUT2D eigenvalue weighted by Crippen LogP contribution is 2.37. The fourth-order valence-electron chi connectivity index (χ4n) is 1.71. The molecule has 0 aliphatic carbocycles. The van der Waals surface area contributed by atoms with Crippen LogP contribution in [0, 0.1) is 15.9 Å². The van der Waals surface area contributed by atoms with E-state index in [0.717, 1.165) is 6.07 Å². The molecule has 1 N–H and O–H groups in total. The number of anilines is 1. The third kappa shape index (κ3) is 3.05. The predicted octanol–water partition coefficient (Wildman–Crippen LogP) is 4.33. The number of hydrogen-bond donors (Lipinski definition) is 1. The van der Waals surface area contributed by atoms with Gasteiger partial charge >= 0.3 is 5.69 Å². The van der Waals surface area contributed by atoms with Crippen molar-refractivity contribution < 1.29 is 14.1 Å². The highest BCUT2D eigenvalue weighted by Gasteiger charge is 2.21. The predicted molar refractivity (Wildman–Crippen MR) is 76.8 cm³/mol. The number of rotatable bonds is 4. The maximum Gasteiger partial charge on any atom is 0.334 e. The Bertz CT molecular complexity index is 644. The minimum atomic E-state index is -0.546. The van der Waals surface area contributed by atoms with Gasteiger partial charge in [-0.25, -0.2) is 4.39 Å². The van der Waals surface area contributed by atoms with Crippen LogP contribution in [-0.2, 0) is 0 Å². The molecule has 20 heavy (non-hydrogen) atoms.